The second-order valence-corrected chi connectivity index (χ2v) is 17.8. The van der Waals surface area contributed by atoms with Crippen LogP contribution in [0.4, 0.5) is 0 Å². The fourth-order valence-corrected chi connectivity index (χ4v) is 8.99. The van der Waals surface area contributed by atoms with Crippen LogP contribution in [0.3, 0.4) is 0 Å². The van der Waals surface area contributed by atoms with E-state index >= 15 is 0 Å². The Morgan fingerprint density at radius 1 is 0.944 bits per heavy atom. The van der Waals surface area contributed by atoms with Gasteiger partial charge in [-0.2, -0.15) is 0 Å². The lowest BCUT2D eigenvalue weighted by Gasteiger charge is -2.50. The number of methoxy groups -OCH3 is 1. The van der Waals surface area contributed by atoms with E-state index in [4.69, 9.17) is 33.2 Å². The number of aliphatic hydroxyl groups excluding tert-OH is 3. The first-order valence-corrected chi connectivity index (χ1v) is 20.1. The molecule has 3 aliphatic rings. The number of hydrogen-bond donors (Lipinski definition) is 5. The number of cyclic esters (lactones) is 1. The largest absolute Gasteiger partial charge is 0.459 e. The number of nitrogens with one attached hydrogen (secondary N) is 1. The maximum Gasteiger partial charge on any atom is 0.311 e. The lowest BCUT2D eigenvalue weighted by Crippen LogP contribution is -2.61. The normalized spacial score (nSPS) is 47.9. The zero-order valence-corrected chi connectivity index (χ0v) is 35.8. The van der Waals surface area contributed by atoms with E-state index in [0.29, 0.717) is 19.4 Å². The highest BCUT2D eigenvalue weighted by molar-refractivity contribution is 5.73. The molecule has 0 aromatic carbocycles. The second kappa shape index (κ2) is 19.2. The lowest BCUT2D eigenvalue weighted by molar-refractivity contribution is -0.322. The van der Waals surface area contributed by atoms with Crippen molar-refractivity contribution >= 4 is 5.97 Å². The molecule has 3 saturated heterocycles. The van der Waals surface area contributed by atoms with Crippen molar-refractivity contribution in [3.05, 3.63) is 0 Å². The van der Waals surface area contributed by atoms with Gasteiger partial charge < -0.3 is 63.8 Å². The van der Waals surface area contributed by atoms with Crippen LogP contribution in [0.5, 0.6) is 0 Å². The molecule has 0 bridgehead atoms. The number of likely N-dealkylation sites (N-methyl/N-ethyl adjacent to an activating group) is 1. The van der Waals surface area contributed by atoms with Crippen molar-refractivity contribution in [1.82, 2.24) is 10.2 Å². The molecule has 3 heterocycles. The molecule has 14 nitrogen and oxygen atoms in total. The van der Waals surface area contributed by atoms with Crippen molar-refractivity contribution in [2.24, 2.45) is 17.8 Å². The predicted octanol–water partition coefficient (Wildman–Crippen LogP) is 2.99. The van der Waals surface area contributed by atoms with Gasteiger partial charge in [0.25, 0.3) is 0 Å². The molecule has 318 valence electrons. The van der Waals surface area contributed by atoms with Crippen LogP contribution in [0.15, 0.2) is 0 Å². The SMILES string of the molecule is CC[C@H]1OC(=O)[C@H](C)[C@@H](O[C@H]2C[C@@](C)(OC)[C@@H](O)[C@H](C)O2)[C@H](C)[C@@H](O[C@@H]2O[C@H](C)C[C@H](N(C)C)[C@H]2O)[C@](C)(OC(C)C)C[C@@H](C)CN[C@H](C)[C@@H](O)[C@]1(C)O. The third kappa shape index (κ3) is 10.9. The number of ether oxygens (including phenoxy) is 7. The smallest absolute Gasteiger partial charge is 0.311 e. The van der Waals surface area contributed by atoms with Gasteiger partial charge in [-0.05, 0) is 108 Å². The molecule has 0 radical (unpaired) electrons. The van der Waals surface area contributed by atoms with Crippen molar-refractivity contribution in [3.63, 3.8) is 0 Å². The third-order valence-electron chi connectivity index (χ3n) is 12.2. The van der Waals surface area contributed by atoms with Gasteiger partial charge in [-0.3, -0.25) is 4.79 Å². The number of hydrogen-bond acceptors (Lipinski definition) is 14. The highest BCUT2D eigenvalue weighted by Crippen LogP contribution is 2.41. The molecule has 0 unspecified atom stereocenters. The standard InChI is InChI=1S/C40H76N2O12/c1-16-29-40(12,47)33(44)26(8)41-20-22(4)18-39(11,54-21(2)3)35(53-37-31(43)28(42(13)14)17-23(5)49-37)24(6)32(25(7)36(46)51-29)52-30-19-38(10,48-15)34(45)27(9)50-30/h21-35,37,41,43-45,47H,16-20H2,1-15H3/t22-,23-,24+,25-,26-,27+,28+,29-,30+,31-,32+,33-,34+,35-,37+,38-,39-,40-/m1/s1. The van der Waals surface area contributed by atoms with Crippen molar-refractivity contribution in [1.29, 1.82) is 0 Å². The van der Waals surface area contributed by atoms with Crippen LogP contribution in [0.2, 0.25) is 0 Å². The maximum absolute atomic E-state index is 14.3. The van der Waals surface area contributed by atoms with Gasteiger partial charge >= 0.3 is 5.97 Å². The zero-order chi connectivity index (χ0) is 41.1. The number of carbonyl (C=O) groups is 1. The molecule has 0 amide bonds. The van der Waals surface area contributed by atoms with E-state index in [0.717, 1.165) is 0 Å². The Balaban J connectivity index is 2.24. The van der Waals surface area contributed by atoms with Gasteiger partial charge in [0, 0.05) is 31.5 Å². The molecule has 3 rings (SSSR count). The summed E-state index contributed by atoms with van der Waals surface area (Å²) >= 11 is 0. The molecule has 3 fully saturated rings. The molecule has 0 saturated carbocycles. The van der Waals surface area contributed by atoms with E-state index in [-0.39, 0.29) is 37.0 Å². The molecule has 0 aromatic heterocycles. The molecule has 0 aromatic rings. The highest BCUT2D eigenvalue weighted by atomic mass is 16.7. The summed E-state index contributed by atoms with van der Waals surface area (Å²) in [5, 5.41) is 49.2. The van der Waals surface area contributed by atoms with Crippen molar-refractivity contribution in [2.45, 2.75) is 205 Å². The minimum absolute atomic E-state index is 0.0366. The molecule has 5 N–H and O–H groups in total. The minimum Gasteiger partial charge on any atom is -0.459 e. The first kappa shape index (κ1) is 47.4. The molecule has 18 atom stereocenters. The Bertz CT molecular complexity index is 1180. The number of nitrogens with zero attached hydrogens (tertiary/aromatic N) is 1. The Morgan fingerprint density at radius 3 is 2.13 bits per heavy atom. The number of carbonyl (C=O) groups excluding carboxylic acids is 1. The van der Waals surface area contributed by atoms with E-state index < -0.39 is 96.0 Å². The van der Waals surface area contributed by atoms with Crippen molar-refractivity contribution in [3.8, 4) is 0 Å². The van der Waals surface area contributed by atoms with Crippen LogP contribution >= 0.6 is 0 Å². The summed E-state index contributed by atoms with van der Waals surface area (Å²) < 4.78 is 45.1. The van der Waals surface area contributed by atoms with Gasteiger partial charge in [0.1, 0.15) is 30.0 Å². The van der Waals surface area contributed by atoms with Crippen LogP contribution in [0, 0.1) is 17.8 Å². The first-order valence-electron chi connectivity index (χ1n) is 20.1. The Hall–Kier alpha value is -1.01. The third-order valence-corrected chi connectivity index (χ3v) is 12.2. The van der Waals surface area contributed by atoms with Gasteiger partial charge in [0.15, 0.2) is 12.6 Å². The summed E-state index contributed by atoms with van der Waals surface area (Å²) in [5.74, 6) is -2.27. The average molecular weight is 777 g/mol. The van der Waals surface area contributed by atoms with Gasteiger partial charge in [0.2, 0.25) is 0 Å². The van der Waals surface area contributed by atoms with E-state index in [2.05, 4.69) is 12.2 Å². The van der Waals surface area contributed by atoms with Crippen LogP contribution in [-0.4, -0.2) is 155 Å². The molecule has 14 heteroatoms. The monoisotopic (exact) mass is 777 g/mol. The van der Waals surface area contributed by atoms with Crippen LogP contribution in [-0.2, 0) is 38.0 Å². The van der Waals surface area contributed by atoms with Crippen LogP contribution in [0.25, 0.3) is 0 Å². The van der Waals surface area contributed by atoms with E-state index in [1.54, 1.807) is 34.6 Å². The minimum atomic E-state index is -1.78. The fraction of sp³-hybridized carbons (Fsp3) is 0.975. The topological polar surface area (TPSA) is 178 Å². The number of aliphatic hydroxyl groups is 4. The Morgan fingerprint density at radius 2 is 1.57 bits per heavy atom. The van der Waals surface area contributed by atoms with E-state index in [1.165, 1.54) is 14.0 Å². The van der Waals surface area contributed by atoms with E-state index in [9.17, 15) is 25.2 Å². The summed E-state index contributed by atoms with van der Waals surface area (Å²) in [6.07, 6.45) is -7.56. The number of rotatable bonds is 9. The van der Waals surface area contributed by atoms with Gasteiger partial charge in [-0.1, -0.05) is 20.8 Å². The summed E-state index contributed by atoms with van der Waals surface area (Å²) in [6, 6.07) is -0.789. The summed E-state index contributed by atoms with van der Waals surface area (Å²) in [5.41, 5.74) is -3.82. The van der Waals surface area contributed by atoms with Crippen LogP contribution < -0.4 is 5.32 Å². The highest BCUT2D eigenvalue weighted by Gasteiger charge is 2.53. The predicted molar refractivity (Wildman–Crippen MR) is 204 cm³/mol. The zero-order valence-electron chi connectivity index (χ0n) is 35.8. The number of esters is 1. The molecule has 0 aliphatic carbocycles. The van der Waals surface area contributed by atoms with Gasteiger partial charge in [-0.15, -0.1) is 0 Å². The van der Waals surface area contributed by atoms with Crippen molar-refractivity contribution in [2.75, 3.05) is 27.7 Å². The summed E-state index contributed by atoms with van der Waals surface area (Å²) in [7, 11) is 5.37. The lowest BCUT2D eigenvalue weighted by atomic mass is 9.77. The van der Waals surface area contributed by atoms with Gasteiger partial charge in [-0.25, -0.2) is 0 Å². The Labute approximate surface area is 324 Å². The summed E-state index contributed by atoms with van der Waals surface area (Å²) in [6.45, 7) is 22.6. The average Bonchev–Trinajstić information content (AvgIpc) is 3.08. The van der Waals surface area contributed by atoms with Crippen molar-refractivity contribution < 1.29 is 58.4 Å². The summed E-state index contributed by atoms with van der Waals surface area (Å²) in [4.78, 5) is 16.3. The van der Waals surface area contributed by atoms with E-state index in [1.807, 2.05) is 53.6 Å². The molecule has 54 heavy (non-hydrogen) atoms. The molecular weight excluding hydrogens is 700 g/mol. The molecule has 0 spiro atoms. The fourth-order valence-electron chi connectivity index (χ4n) is 8.99. The van der Waals surface area contributed by atoms with Gasteiger partial charge in [0.05, 0.1) is 47.6 Å². The van der Waals surface area contributed by atoms with Crippen LogP contribution in [0.1, 0.15) is 109 Å². The second-order valence-electron chi connectivity index (χ2n) is 17.8. The molecular formula is C40H76N2O12. The first-order chi connectivity index (χ1) is 24.9. The quantitative estimate of drug-likeness (QED) is 0.216. The molecule has 3 aliphatic heterocycles. The Kier molecular flexibility index (Phi) is 16.8. The maximum atomic E-state index is 14.3.